The lowest BCUT2D eigenvalue weighted by Crippen LogP contribution is -2.26. The second kappa shape index (κ2) is 5.15. The van der Waals surface area contributed by atoms with Crippen molar-refractivity contribution in [1.29, 1.82) is 0 Å². The third-order valence-corrected chi connectivity index (χ3v) is 3.52. The Hall–Kier alpha value is -1.88. The molecule has 1 N–H and O–H groups in total. The summed E-state index contributed by atoms with van der Waals surface area (Å²) in [6, 6.07) is 5.50. The highest BCUT2D eigenvalue weighted by atomic mass is 16.5. The van der Waals surface area contributed by atoms with Gasteiger partial charge in [-0.1, -0.05) is 20.8 Å². The largest absolute Gasteiger partial charge is 0.440 e. The molecule has 112 valence electrons. The van der Waals surface area contributed by atoms with E-state index in [2.05, 4.69) is 31.1 Å². The minimum atomic E-state index is -0.330. The molecule has 0 radical (unpaired) electrons. The molecule has 1 amide bonds. The molecule has 2 aromatic rings. The number of carbonyl (C=O) groups excluding carboxylic acids is 1. The van der Waals surface area contributed by atoms with E-state index in [1.54, 1.807) is 0 Å². The standard InChI is InChI=1S/C16H20N2O3/c1-16(2,3)15-18-11-9-10(6-7-12(11)21-15)17-14(19)13-5-4-8-20-13/h6-7,9,13H,4-5,8H2,1-3H3,(H,17,19)/t13-/m0/s1. The van der Waals surface area contributed by atoms with Crippen molar-refractivity contribution in [2.45, 2.75) is 45.1 Å². The van der Waals surface area contributed by atoms with Crippen molar-refractivity contribution in [2.24, 2.45) is 0 Å². The number of benzene rings is 1. The molecule has 1 atom stereocenters. The highest BCUT2D eigenvalue weighted by molar-refractivity contribution is 5.95. The summed E-state index contributed by atoms with van der Waals surface area (Å²) in [5.74, 6) is 0.603. The van der Waals surface area contributed by atoms with Crippen LogP contribution in [-0.4, -0.2) is 23.6 Å². The van der Waals surface area contributed by atoms with Gasteiger partial charge in [-0.15, -0.1) is 0 Å². The fourth-order valence-electron chi connectivity index (χ4n) is 2.33. The fraction of sp³-hybridized carbons (Fsp3) is 0.500. The van der Waals surface area contributed by atoms with Gasteiger partial charge in [-0.05, 0) is 31.0 Å². The molecule has 5 nitrogen and oxygen atoms in total. The molecular weight excluding hydrogens is 268 g/mol. The maximum absolute atomic E-state index is 12.0. The van der Waals surface area contributed by atoms with Crippen LogP contribution in [0.3, 0.4) is 0 Å². The second-order valence-corrected chi connectivity index (χ2v) is 6.44. The Morgan fingerprint density at radius 1 is 1.38 bits per heavy atom. The summed E-state index contributed by atoms with van der Waals surface area (Å²) < 4.78 is 11.1. The number of nitrogens with one attached hydrogen (secondary N) is 1. The number of nitrogens with zero attached hydrogens (tertiary/aromatic N) is 1. The van der Waals surface area contributed by atoms with Gasteiger partial charge in [-0.3, -0.25) is 4.79 Å². The van der Waals surface area contributed by atoms with Crippen LogP contribution < -0.4 is 5.32 Å². The minimum absolute atomic E-state index is 0.0913. The van der Waals surface area contributed by atoms with Crippen molar-refractivity contribution < 1.29 is 13.9 Å². The number of carbonyl (C=O) groups is 1. The molecule has 1 aliphatic heterocycles. The highest BCUT2D eigenvalue weighted by Gasteiger charge is 2.24. The number of rotatable bonds is 2. The summed E-state index contributed by atoms with van der Waals surface area (Å²) in [5, 5.41) is 2.88. The molecule has 1 fully saturated rings. The molecule has 1 saturated heterocycles. The van der Waals surface area contributed by atoms with Crippen molar-refractivity contribution in [3.63, 3.8) is 0 Å². The monoisotopic (exact) mass is 288 g/mol. The molecule has 1 aliphatic rings. The molecule has 0 aliphatic carbocycles. The van der Waals surface area contributed by atoms with Crippen LogP contribution in [0.4, 0.5) is 5.69 Å². The Morgan fingerprint density at radius 2 is 2.19 bits per heavy atom. The number of aromatic nitrogens is 1. The topological polar surface area (TPSA) is 64.4 Å². The van der Waals surface area contributed by atoms with Crippen molar-refractivity contribution in [3.8, 4) is 0 Å². The SMILES string of the molecule is CC(C)(C)c1nc2cc(NC(=O)[C@@H]3CCCO3)ccc2o1. The van der Waals surface area contributed by atoms with E-state index in [0.29, 0.717) is 12.5 Å². The minimum Gasteiger partial charge on any atom is -0.440 e. The summed E-state index contributed by atoms with van der Waals surface area (Å²) in [6.07, 6.45) is 1.39. The molecule has 0 unspecified atom stereocenters. The average Bonchev–Trinajstić information content (AvgIpc) is 3.06. The Bertz CT molecular complexity index is 664. The lowest BCUT2D eigenvalue weighted by atomic mass is 9.97. The number of ether oxygens (including phenoxy) is 1. The predicted molar refractivity (Wildman–Crippen MR) is 80.3 cm³/mol. The summed E-state index contributed by atoms with van der Waals surface area (Å²) in [6.45, 7) is 6.82. The summed E-state index contributed by atoms with van der Waals surface area (Å²) in [4.78, 5) is 16.5. The van der Waals surface area contributed by atoms with Gasteiger partial charge < -0.3 is 14.5 Å². The molecule has 5 heteroatoms. The van der Waals surface area contributed by atoms with Gasteiger partial charge in [0.2, 0.25) is 5.89 Å². The number of fused-ring (bicyclic) bond motifs is 1. The van der Waals surface area contributed by atoms with Gasteiger partial charge in [-0.25, -0.2) is 4.98 Å². The van der Waals surface area contributed by atoms with E-state index in [-0.39, 0.29) is 17.4 Å². The first-order chi connectivity index (χ1) is 9.93. The zero-order chi connectivity index (χ0) is 15.0. The summed E-state index contributed by atoms with van der Waals surface area (Å²) >= 11 is 0. The highest BCUT2D eigenvalue weighted by Crippen LogP contribution is 2.27. The molecule has 1 aromatic carbocycles. The molecule has 0 saturated carbocycles. The van der Waals surface area contributed by atoms with Crippen molar-refractivity contribution >= 4 is 22.7 Å². The molecule has 1 aromatic heterocycles. The maximum atomic E-state index is 12.0. The third kappa shape index (κ3) is 2.93. The van der Waals surface area contributed by atoms with Gasteiger partial charge in [0.05, 0.1) is 0 Å². The number of amides is 1. The van der Waals surface area contributed by atoms with Gasteiger partial charge in [0.25, 0.3) is 5.91 Å². The first-order valence-electron chi connectivity index (χ1n) is 7.27. The van der Waals surface area contributed by atoms with E-state index in [9.17, 15) is 4.79 Å². The van der Waals surface area contributed by atoms with Crippen LogP contribution in [0.15, 0.2) is 22.6 Å². The Labute approximate surface area is 123 Å². The Morgan fingerprint density at radius 3 is 2.86 bits per heavy atom. The van der Waals surface area contributed by atoms with Crippen molar-refractivity contribution in [1.82, 2.24) is 4.98 Å². The van der Waals surface area contributed by atoms with E-state index < -0.39 is 0 Å². The van der Waals surface area contributed by atoms with Crippen LogP contribution in [-0.2, 0) is 14.9 Å². The molecule has 0 spiro atoms. The van der Waals surface area contributed by atoms with Gasteiger partial charge in [0, 0.05) is 17.7 Å². The number of hydrogen-bond acceptors (Lipinski definition) is 4. The first-order valence-corrected chi connectivity index (χ1v) is 7.27. The van der Waals surface area contributed by atoms with E-state index in [0.717, 1.165) is 29.6 Å². The van der Waals surface area contributed by atoms with Crippen molar-refractivity contribution in [3.05, 3.63) is 24.1 Å². The van der Waals surface area contributed by atoms with E-state index >= 15 is 0 Å². The third-order valence-electron chi connectivity index (χ3n) is 3.52. The molecule has 2 heterocycles. The average molecular weight is 288 g/mol. The van der Waals surface area contributed by atoms with Crippen LogP contribution in [0, 0.1) is 0 Å². The number of oxazole rings is 1. The van der Waals surface area contributed by atoms with Gasteiger partial charge >= 0.3 is 0 Å². The summed E-state index contributed by atoms with van der Waals surface area (Å²) in [7, 11) is 0. The number of hydrogen-bond donors (Lipinski definition) is 1. The fourth-order valence-corrected chi connectivity index (χ4v) is 2.33. The predicted octanol–water partition coefficient (Wildman–Crippen LogP) is 3.24. The van der Waals surface area contributed by atoms with Gasteiger partial charge in [0.15, 0.2) is 5.58 Å². The summed E-state index contributed by atoms with van der Waals surface area (Å²) in [5.41, 5.74) is 2.07. The van der Waals surface area contributed by atoms with Crippen LogP contribution in [0.5, 0.6) is 0 Å². The van der Waals surface area contributed by atoms with Gasteiger partial charge in [-0.2, -0.15) is 0 Å². The van der Waals surface area contributed by atoms with Crippen LogP contribution in [0.2, 0.25) is 0 Å². The zero-order valence-electron chi connectivity index (χ0n) is 12.6. The molecule has 3 rings (SSSR count). The van der Waals surface area contributed by atoms with Crippen molar-refractivity contribution in [2.75, 3.05) is 11.9 Å². The zero-order valence-corrected chi connectivity index (χ0v) is 12.6. The first kappa shape index (κ1) is 14.1. The van der Waals surface area contributed by atoms with Crippen LogP contribution in [0.1, 0.15) is 39.5 Å². The molecule has 0 bridgehead atoms. The normalized spacial score (nSPS) is 19.1. The molecular formula is C16H20N2O3. The van der Waals surface area contributed by atoms with E-state index in [4.69, 9.17) is 9.15 Å². The van der Waals surface area contributed by atoms with Gasteiger partial charge in [0.1, 0.15) is 11.6 Å². The van der Waals surface area contributed by atoms with E-state index in [1.807, 2.05) is 18.2 Å². The van der Waals surface area contributed by atoms with Crippen LogP contribution in [0.25, 0.3) is 11.1 Å². The lowest BCUT2D eigenvalue weighted by Gasteiger charge is -2.11. The maximum Gasteiger partial charge on any atom is 0.253 e. The molecule has 21 heavy (non-hydrogen) atoms. The lowest BCUT2D eigenvalue weighted by molar-refractivity contribution is -0.124. The second-order valence-electron chi connectivity index (χ2n) is 6.44. The Balaban J connectivity index is 1.82. The van der Waals surface area contributed by atoms with E-state index in [1.165, 1.54) is 0 Å². The number of anilines is 1. The smallest absolute Gasteiger partial charge is 0.253 e. The van der Waals surface area contributed by atoms with Crippen LogP contribution >= 0.6 is 0 Å². The Kier molecular flexibility index (Phi) is 3.45. The quantitative estimate of drug-likeness (QED) is 0.921.